The third-order valence-electron chi connectivity index (χ3n) is 3.28. The number of nitrogens with zero attached hydrogens (tertiary/aromatic N) is 2. The molecule has 0 amide bonds. The highest BCUT2D eigenvalue weighted by Crippen LogP contribution is 2.32. The van der Waals surface area contributed by atoms with Crippen molar-refractivity contribution in [2.24, 2.45) is 0 Å². The molecular weight excluding hydrogens is 184 g/mol. The van der Waals surface area contributed by atoms with Gasteiger partial charge in [-0.25, -0.2) is 0 Å². The lowest BCUT2D eigenvalue weighted by molar-refractivity contribution is 0.261. The highest BCUT2D eigenvalue weighted by Gasteiger charge is 2.27. The second-order valence-electron chi connectivity index (χ2n) is 4.44. The van der Waals surface area contributed by atoms with E-state index in [-0.39, 0.29) is 5.92 Å². The summed E-state index contributed by atoms with van der Waals surface area (Å²) in [5.41, 5.74) is 2.58. The third kappa shape index (κ3) is 1.88. The molecule has 1 aromatic rings. The van der Waals surface area contributed by atoms with Gasteiger partial charge < -0.3 is 4.90 Å². The molecule has 2 heteroatoms. The van der Waals surface area contributed by atoms with Gasteiger partial charge >= 0.3 is 0 Å². The topological polar surface area (TPSA) is 27.0 Å². The van der Waals surface area contributed by atoms with Gasteiger partial charge in [0.1, 0.15) is 0 Å². The van der Waals surface area contributed by atoms with Gasteiger partial charge in [0.2, 0.25) is 0 Å². The molecule has 2 atom stereocenters. The molecule has 2 nitrogen and oxygen atoms in total. The van der Waals surface area contributed by atoms with Crippen molar-refractivity contribution in [3.8, 4) is 6.07 Å². The molecule has 0 N–H and O–H groups in total. The lowest BCUT2D eigenvalue weighted by Gasteiger charge is -2.32. The molecule has 0 spiro atoms. The summed E-state index contributed by atoms with van der Waals surface area (Å²) in [6.07, 6.45) is 2.03. The van der Waals surface area contributed by atoms with Crippen molar-refractivity contribution in [3.63, 3.8) is 0 Å². The summed E-state index contributed by atoms with van der Waals surface area (Å²) < 4.78 is 0. The number of benzene rings is 1. The Bertz CT molecular complexity index is 390. The summed E-state index contributed by atoms with van der Waals surface area (Å²) in [6, 6.07) is 11.3. The van der Waals surface area contributed by atoms with Crippen molar-refractivity contribution in [2.45, 2.75) is 24.8 Å². The molecule has 0 radical (unpaired) electrons. The molecule has 78 valence electrons. The number of nitriles is 1. The van der Waals surface area contributed by atoms with E-state index in [9.17, 15) is 0 Å². The number of fused-ring (bicyclic) bond motifs is 1. The van der Waals surface area contributed by atoms with Crippen molar-refractivity contribution < 1.29 is 0 Å². The van der Waals surface area contributed by atoms with Crippen LogP contribution in [0.15, 0.2) is 24.3 Å². The van der Waals surface area contributed by atoms with E-state index in [2.05, 4.69) is 43.3 Å². The molecule has 15 heavy (non-hydrogen) atoms. The number of likely N-dealkylation sites (N-methyl/N-ethyl adjacent to an activating group) is 1. The van der Waals surface area contributed by atoms with Crippen LogP contribution in [0.1, 0.15) is 23.5 Å². The summed E-state index contributed by atoms with van der Waals surface area (Å²) in [4.78, 5) is 2.22. The number of hydrogen-bond acceptors (Lipinski definition) is 2. The van der Waals surface area contributed by atoms with Crippen LogP contribution in [0.4, 0.5) is 0 Å². The van der Waals surface area contributed by atoms with Gasteiger partial charge in [-0.15, -0.1) is 0 Å². The Kier molecular flexibility index (Phi) is 2.75. The maximum Gasteiger partial charge on any atom is 0.0730 e. The van der Waals surface area contributed by atoms with Gasteiger partial charge in [-0.3, -0.25) is 0 Å². The largest absolute Gasteiger partial charge is 0.306 e. The van der Waals surface area contributed by atoms with Crippen LogP contribution in [-0.4, -0.2) is 25.0 Å². The molecule has 0 heterocycles. The van der Waals surface area contributed by atoms with E-state index in [1.54, 1.807) is 0 Å². The van der Waals surface area contributed by atoms with Gasteiger partial charge in [-0.05, 0) is 38.1 Å². The van der Waals surface area contributed by atoms with Crippen LogP contribution in [0.5, 0.6) is 0 Å². The summed E-state index contributed by atoms with van der Waals surface area (Å²) in [6.45, 7) is 0. The number of rotatable bonds is 1. The predicted molar refractivity (Wildman–Crippen MR) is 60.6 cm³/mol. The quantitative estimate of drug-likeness (QED) is 0.694. The molecule has 1 aliphatic carbocycles. The minimum absolute atomic E-state index is 0.0716. The zero-order valence-corrected chi connectivity index (χ0v) is 9.27. The van der Waals surface area contributed by atoms with E-state index < -0.39 is 0 Å². The van der Waals surface area contributed by atoms with Crippen molar-refractivity contribution in [2.75, 3.05) is 14.1 Å². The Labute approximate surface area is 91.1 Å². The van der Waals surface area contributed by atoms with Crippen LogP contribution in [0.3, 0.4) is 0 Å². The van der Waals surface area contributed by atoms with Crippen molar-refractivity contribution in [1.29, 1.82) is 5.26 Å². The van der Waals surface area contributed by atoms with Crippen LogP contribution in [0, 0.1) is 11.3 Å². The molecule has 0 fully saturated rings. The Balaban J connectivity index is 2.35. The van der Waals surface area contributed by atoms with Gasteiger partial charge in [-0.1, -0.05) is 24.3 Å². The second-order valence-corrected chi connectivity index (χ2v) is 4.44. The van der Waals surface area contributed by atoms with Crippen molar-refractivity contribution >= 4 is 0 Å². The average Bonchev–Trinajstić information content (AvgIpc) is 2.27. The standard InChI is InChI=1S/C13H16N2/c1-15(2)12-7-10-5-3-4-6-13(10)11(8-12)9-14/h3-6,11-12H,7-8H2,1-2H3/t11-,12-/m1/s1. The molecule has 2 rings (SSSR count). The normalized spacial score (nSPS) is 24.7. The SMILES string of the molecule is CN(C)[C@@H]1Cc2ccccc2[C@@H](C#N)C1. The maximum absolute atomic E-state index is 9.17. The molecule has 0 aromatic heterocycles. The fourth-order valence-corrected chi connectivity index (χ4v) is 2.31. The van der Waals surface area contributed by atoms with Gasteiger partial charge in [-0.2, -0.15) is 5.26 Å². The Hall–Kier alpha value is -1.33. The first-order valence-electron chi connectivity index (χ1n) is 5.36. The molecule has 1 aromatic carbocycles. The zero-order chi connectivity index (χ0) is 10.8. The lowest BCUT2D eigenvalue weighted by atomic mass is 9.80. The first kappa shape index (κ1) is 10.2. The number of hydrogen-bond donors (Lipinski definition) is 0. The Morgan fingerprint density at radius 1 is 1.33 bits per heavy atom. The van der Waals surface area contributed by atoms with Crippen LogP contribution in [0.2, 0.25) is 0 Å². The fourth-order valence-electron chi connectivity index (χ4n) is 2.31. The van der Waals surface area contributed by atoms with E-state index in [0.717, 1.165) is 12.8 Å². The fraction of sp³-hybridized carbons (Fsp3) is 0.462. The smallest absolute Gasteiger partial charge is 0.0730 e. The van der Waals surface area contributed by atoms with E-state index in [4.69, 9.17) is 5.26 Å². The van der Waals surface area contributed by atoms with E-state index in [1.165, 1.54) is 11.1 Å². The van der Waals surface area contributed by atoms with Crippen LogP contribution in [-0.2, 0) is 6.42 Å². The third-order valence-corrected chi connectivity index (χ3v) is 3.28. The zero-order valence-electron chi connectivity index (χ0n) is 9.27. The van der Waals surface area contributed by atoms with Gasteiger partial charge in [0.15, 0.2) is 0 Å². The molecule has 1 aliphatic rings. The molecule has 0 unspecified atom stereocenters. The highest BCUT2D eigenvalue weighted by atomic mass is 15.1. The van der Waals surface area contributed by atoms with Crippen LogP contribution in [0.25, 0.3) is 0 Å². The maximum atomic E-state index is 9.17. The van der Waals surface area contributed by atoms with Gasteiger partial charge in [0.05, 0.1) is 12.0 Å². The van der Waals surface area contributed by atoms with Crippen molar-refractivity contribution in [1.82, 2.24) is 4.90 Å². The average molecular weight is 200 g/mol. The first-order valence-corrected chi connectivity index (χ1v) is 5.36. The minimum atomic E-state index is 0.0716. The summed E-state index contributed by atoms with van der Waals surface area (Å²) >= 11 is 0. The molecule has 0 saturated heterocycles. The monoisotopic (exact) mass is 200 g/mol. The lowest BCUT2D eigenvalue weighted by Crippen LogP contribution is -2.34. The van der Waals surface area contributed by atoms with Crippen LogP contribution < -0.4 is 0 Å². The Morgan fingerprint density at radius 3 is 2.73 bits per heavy atom. The summed E-state index contributed by atoms with van der Waals surface area (Å²) in [7, 11) is 4.18. The summed E-state index contributed by atoms with van der Waals surface area (Å²) in [5, 5.41) is 9.17. The van der Waals surface area contributed by atoms with Gasteiger partial charge in [0, 0.05) is 6.04 Å². The van der Waals surface area contributed by atoms with E-state index in [0.29, 0.717) is 6.04 Å². The van der Waals surface area contributed by atoms with Gasteiger partial charge in [0.25, 0.3) is 0 Å². The predicted octanol–water partition coefficient (Wildman–Crippen LogP) is 2.17. The second kappa shape index (κ2) is 4.04. The molecule has 0 saturated carbocycles. The summed E-state index contributed by atoms with van der Waals surface area (Å²) in [5.74, 6) is 0.0716. The Morgan fingerprint density at radius 2 is 2.07 bits per heavy atom. The highest BCUT2D eigenvalue weighted by molar-refractivity contribution is 5.37. The van der Waals surface area contributed by atoms with Crippen LogP contribution >= 0.6 is 0 Å². The molecular formula is C13H16N2. The molecule has 0 bridgehead atoms. The molecule has 0 aliphatic heterocycles. The van der Waals surface area contributed by atoms with E-state index >= 15 is 0 Å². The first-order chi connectivity index (χ1) is 7.22. The minimum Gasteiger partial charge on any atom is -0.306 e. The van der Waals surface area contributed by atoms with Crippen molar-refractivity contribution in [3.05, 3.63) is 35.4 Å². The van der Waals surface area contributed by atoms with E-state index in [1.807, 2.05) is 6.07 Å².